The number of halogens is 2. The summed E-state index contributed by atoms with van der Waals surface area (Å²) in [6.45, 7) is 1.96. The average molecular weight is 285 g/mol. The number of nitrogen functional groups attached to an aromatic ring is 1. The second-order valence-electron chi connectivity index (χ2n) is 4.89. The summed E-state index contributed by atoms with van der Waals surface area (Å²) in [5, 5.41) is 6.72. The quantitative estimate of drug-likeness (QED) is 0.750. The second kappa shape index (κ2) is 5.01. The lowest BCUT2D eigenvalue weighted by Crippen LogP contribution is -1.90. The number of nitrogens with two attached hydrogens (primary N) is 1. The van der Waals surface area contributed by atoms with Crippen LogP contribution in [-0.4, -0.2) is 10.2 Å². The highest BCUT2D eigenvalue weighted by Crippen LogP contribution is 2.35. The van der Waals surface area contributed by atoms with Gasteiger partial charge in [0.15, 0.2) is 5.82 Å². The molecule has 0 bridgehead atoms. The summed E-state index contributed by atoms with van der Waals surface area (Å²) in [5.41, 5.74) is 9.32. The van der Waals surface area contributed by atoms with Gasteiger partial charge in [0.05, 0.1) is 11.3 Å². The SMILES string of the molecule is Cc1cccc(-c2c(N)n[nH]c2-c2cc(F)cc(F)c2)c1. The summed E-state index contributed by atoms with van der Waals surface area (Å²) in [6.07, 6.45) is 0. The van der Waals surface area contributed by atoms with Gasteiger partial charge in [-0.2, -0.15) is 5.10 Å². The van der Waals surface area contributed by atoms with Crippen LogP contribution in [0, 0.1) is 18.6 Å². The van der Waals surface area contributed by atoms with Gasteiger partial charge in [0.1, 0.15) is 11.6 Å². The Kier molecular flexibility index (Phi) is 3.17. The van der Waals surface area contributed by atoms with Crippen LogP contribution in [0.15, 0.2) is 42.5 Å². The maximum absolute atomic E-state index is 13.4. The molecule has 0 amide bonds. The molecule has 3 rings (SSSR count). The lowest BCUT2D eigenvalue weighted by Gasteiger charge is -2.06. The predicted octanol–water partition coefficient (Wildman–Crippen LogP) is 3.91. The molecular formula is C16H13F2N3. The first-order valence-corrected chi connectivity index (χ1v) is 6.42. The highest BCUT2D eigenvalue weighted by Gasteiger charge is 2.16. The summed E-state index contributed by atoms with van der Waals surface area (Å²) >= 11 is 0. The Morgan fingerprint density at radius 2 is 1.71 bits per heavy atom. The minimum atomic E-state index is -0.645. The Morgan fingerprint density at radius 3 is 2.38 bits per heavy atom. The first-order valence-electron chi connectivity index (χ1n) is 6.42. The topological polar surface area (TPSA) is 54.7 Å². The van der Waals surface area contributed by atoms with Gasteiger partial charge in [-0.15, -0.1) is 0 Å². The first-order chi connectivity index (χ1) is 10.0. The fraction of sp³-hybridized carbons (Fsp3) is 0.0625. The van der Waals surface area contributed by atoms with Gasteiger partial charge >= 0.3 is 0 Å². The van der Waals surface area contributed by atoms with Gasteiger partial charge in [0, 0.05) is 11.6 Å². The molecule has 0 spiro atoms. The van der Waals surface area contributed by atoms with Gasteiger partial charge in [0.2, 0.25) is 0 Å². The van der Waals surface area contributed by atoms with E-state index >= 15 is 0 Å². The van der Waals surface area contributed by atoms with E-state index in [4.69, 9.17) is 5.73 Å². The molecule has 0 saturated carbocycles. The molecule has 0 aliphatic heterocycles. The van der Waals surface area contributed by atoms with Crippen LogP contribution in [0.5, 0.6) is 0 Å². The van der Waals surface area contributed by atoms with Crippen LogP contribution in [0.25, 0.3) is 22.4 Å². The number of aromatic amines is 1. The zero-order valence-corrected chi connectivity index (χ0v) is 11.3. The van der Waals surface area contributed by atoms with Crippen molar-refractivity contribution in [2.24, 2.45) is 0 Å². The van der Waals surface area contributed by atoms with Gasteiger partial charge in [-0.25, -0.2) is 8.78 Å². The number of nitrogens with zero attached hydrogens (tertiary/aromatic N) is 1. The largest absolute Gasteiger partial charge is 0.382 e. The van der Waals surface area contributed by atoms with E-state index in [1.165, 1.54) is 12.1 Å². The molecule has 0 aliphatic rings. The van der Waals surface area contributed by atoms with E-state index < -0.39 is 11.6 Å². The van der Waals surface area contributed by atoms with Crippen molar-refractivity contribution in [2.75, 3.05) is 5.73 Å². The molecule has 0 radical (unpaired) electrons. The third-order valence-corrected chi connectivity index (χ3v) is 3.25. The van der Waals surface area contributed by atoms with E-state index in [2.05, 4.69) is 10.2 Å². The molecule has 3 aromatic rings. The predicted molar refractivity (Wildman–Crippen MR) is 78.5 cm³/mol. The molecule has 3 nitrogen and oxygen atoms in total. The van der Waals surface area contributed by atoms with Crippen molar-refractivity contribution in [1.29, 1.82) is 0 Å². The summed E-state index contributed by atoms with van der Waals surface area (Å²) < 4.78 is 26.8. The maximum Gasteiger partial charge on any atom is 0.153 e. The summed E-state index contributed by atoms with van der Waals surface area (Å²) in [4.78, 5) is 0. The number of aryl methyl sites for hydroxylation is 1. The summed E-state index contributed by atoms with van der Waals surface area (Å²) in [5.74, 6) is -0.998. The third-order valence-electron chi connectivity index (χ3n) is 3.25. The normalized spacial score (nSPS) is 10.8. The third kappa shape index (κ3) is 2.50. The maximum atomic E-state index is 13.4. The Morgan fingerprint density at radius 1 is 1.00 bits per heavy atom. The van der Waals surface area contributed by atoms with Crippen molar-refractivity contribution in [1.82, 2.24) is 10.2 Å². The lowest BCUT2D eigenvalue weighted by atomic mass is 9.99. The fourth-order valence-electron chi connectivity index (χ4n) is 2.36. The van der Waals surface area contributed by atoms with Crippen LogP contribution in [0.2, 0.25) is 0 Å². The average Bonchev–Trinajstić information content (AvgIpc) is 2.79. The molecule has 1 heterocycles. The molecule has 21 heavy (non-hydrogen) atoms. The van der Waals surface area contributed by atoms with Crippen LogP contribution < -0.4 is 5.73 Å². The Hall–Kier alpha value is -2.69. The molecule has 0 aliphatic carbocycles. The number of H-pyrrole nitrogens is 1. The molecule has 0 atom stereocenters. The summed E-state index contributed by atoms with van der Waals surface area (Å²) in [6, 6.07) is 11.0. The Balaban J connectivity index is 2.21. The van der Waals surface area contributed by atoms with Crippen molar-refractivity contribution >= 4 is 5.82 Å². The Labute approximate surface area is 120 Å². The number of aromatic nitrogens is 2. The van der Waals surface area contributed by atoms with Crippen LogP contribution in [-0.2, 0) is 0 Å². The van der Waals surface area contributed by atoms with Gasteiger partial charge in [-0.1, -0.05) is 29.8 Å². The minimum Gasteiger partial charge on any atom is -0.382 e. The van der Waals surface area contributed by atoms with Crippen molar-refractivity contribution in [3.8, 4) is 22.4 Å². The van der Waals surface area contributed by atoms with E-state index in [1.54, 1.807) is 0 Å². The number of nitrogens with one attached hydrogen (secondary N) is 1. The van der Waals surface area contributed by atoms with E-state index in [0.29, 0.717) is 22.6 Å². The van der Waals surface area contributed by atoms with Gasteiger partial charge < -0.3 is 5.73 Å². The van der Waals surface area contributed by atoms with Gasteiger partial charge in [-0.3, -0.25) is 5.10 Å². The zero-order valence-electron chi connectivity index (χ0n) is 11.3. The fourth-order valence-corrected chi connectivity index (χ4v) is 2.36. The lowest BCUT2D eigenvalue weighted by molar-refractivity contribution is 0.584. The van der Waals surface area contributed by atoms with Crippen molar-refractivity contribution in [3.05, 3.63) is 59.7 Å². The van der Waals surface area contributed by atoms with Crippen molar-refractivity contribution in [2.45, 2.75) is 6.92 Å². The highest BCUT2D eigenvalue weighted by molar-refractivity contribution is 5.87. The summed E-state index contributed by atoms with van der Waals surface area (Å²) in [7, 11) is 0. The number of hydrogen-bond acceptors (Lipinski definition) is 2. The van der Waals surface area contributed by atoms with Crippen LogP contribution in [0.4, 0.5) is 14.6 Å². The van der Waals surface area contributed by atoms with Gasteiger partial charge in [-0.05, 0) is 24.6 Å². The number of hydrogen-bond donors (Lipinski definition) is 2. The molecular weight excluding hydrogens is 272 g/mol. The van der Waals surface area contributed by atoms with Crippen LogP contribution in [0.1, 0.15) is 5.56 Å². The standard InChI is InChI=1S/C16H13F2N3/c1-9-3-2-4-10(5-9)14-15(20-21-16(14)19)11-6-12(17)8-13(18)7-11/h2-8H,1H3,(H3,19,20,21). The monoisotopic (exact) mass is 285 g/mol. The highest BCUT2D eigenvalue weighted by atomic mass is 19.1. The number of benzene rings is 2. The first kappa shape index (κ1) is 13.3. The molecule has 0 fully saturated rings. The van der Waals surface area contributed by atoms with E-state index in [1.807, 2.05) is 31.2 Å². The van der Waals surface area contributed by atoms with E-state index in [-0.39, 0.29) is 0 Å². The smallest absolute Gasteiger partial charge is 0.153 e. The molecule has 1 aromatic heterocycles. The van der Waals surface area contributed by atoms with Crippen LogP contribution in [0.3, 0.4) is 0 Å². The number of rotatable bonds is 2. The second-order valence-corrected chi connectivity index (χ2v) is 4.89. The van der Waals surface area contributed by atoms with Crippen molar-refractivity contribution < 1.29 is 8.78 Å². The van der Waals surface area contributed by atoms with Crippen LogP contribution >= 0.6 is 0 Å². The number of anilines is 1. The van der Waals surface area contributed by atoms with Gasteiger partial charge in [0.25, 0.3) is 0 Å². The molecule has 106 valence electrons. The Bertz CT molecular complexity index is 789. The molecule has 3 N–H and O–H groups in total. The minimum absolute atomic E-state index is 0.292. The zero-order chi connectivity index (χ0) is 15.0. The molecule has 2 aromatic carbocycles. The molecule has 0 saturated heterocycles. The molecule has 0 unspecified atom stereocenters. The van der Waals surface area contributed by atoms with E-state index in [9.17, 15) is 8.78 Å². The van der Waals surface area contributed by atoms with Crippen molar-refractivity contribution in [3.63, 3.8) is 0 Å². The van der Waals surface area contributed by atoms with E-state index in [0.717, 1.165) is 17.2 Å². The molecule has 5 heteroatoms.